The van der Waals surface area contributed by atoms with E-state index in [9.17, 15) is 20.4 Å². The molecule has 54 heavy (non-hydrogen) atoms. The molecule has 0 fully saturated rings. The minimum Gasteiger partial charge on any atom is -0.507 e. The molecule has 4 aromatic rings. The van der Waals surface area contributed by atoms with Crippen molar-refractivity contribution in [3.63, 3.8) is 0 Å². The number of phenolic OH excluding ortho intramolecular Hbond substituents is 4. The molecule has 6 heteroatoms. The van der Waals surface area contributed by atoms with Gasteiger partial charge in [-0.05, 0) is 91.9 Å². The van der Waals surface area contributed by atoms with Crippen LogP contribution in [-0.2, 0) is 0 Å². The largest absolute Gasteiger partial charge is 1.00 e. The summed E-state index contributed by atoms with van der Waals surface area (Å²) in [6, 6.07) is 24.0. The first-order valence-corrected chi connectivity index (χ1v) is 19.4. The normalized spacial score (nSPS) is 10.8. The zero-order valence-electron chi connectivity index (χ0n) is 36.7. The van der Waals surface area contributed by atoms with Crippen LogP contribution in [0.2, 0.25) is 0 Å². The third-order valence-electron chi connectivity index (χ3n) is 9.37. The van der Waals surface area contributed by atoms with Crippen LogP contribution >= 0.6 is 0 Å². The van der Waals surface area contributed by atoms with Crippen molar-refractivity contribution in [2.75, 3.05) is 0 Å². The second-order valence-electron chi connectivity index (χ2n) is 16.4. The molecule has 0 amide bonds. The Balaban J connectivity index is 0. The molecule has 4 rings (SSSR count). The molecule has 0 aliphatic heterocycles. The second-order valence-corrected chi connectivity index (χ2v) is 16.4. The number of hydrogen-bond donors (Lipinski definition) is 4. The predicted octanol–water partition coefficient (Wildman–Crippen LogP) is 11.6. The van der Waals surface area contributed by atoms with Crippen LogP contribution in [0.5, 0.6) is 23.0 Å². The first kappa shape index (κ1) is 55.2. The molecule has 0 spiro atoms. The van der Waals surface area contributed by atoms with Crippen molar-refractivity contribution in [2.24, 2.45) is 0 Å². The number of rotatable bonds is 8. The van der Waals surface area contributed by atoms with Gasteiger partial charge in [-0.25, -0.2) is 0 Å². The molecule has 0 aliphatic carbocycles. The maximum absolute atomic E-state index is 9.93. The number of para-hydroxylation sites is 4. The molecule has 0 saturated heterocycles. The summed E-state index contributed by atoms with van der Waals surface area (Å²) in [6.07, 6.45) is 0. The van der Waals surface area contributed by atoms with E-state index in [-0.39, 0.29) is 91.8 Å². The summed E-state index contributed by atoms with van der Waals surface area (Å²) in [4.78, 5) is 0. The summed E-state index contributed by atoms with van der Waals surface area (Å²) >= 11 is 0. The minimum absolute atomic E-state index is 0. The van der Waals surface area contributed by atoms with Crippen LogP contribution < -0.4 is 51.4 Å². The van der Waals surface area contributed by atoms with E-state index >= 15 is 0 Å². The van der Waals surface area contributed by atoms with Crippen LogP contribution in [0, 0.1) is 40.4 Å². The van der Waals surface area contributed by atoms with Gasteiger partial charge in [-0.3, -0.25) is 0 Å². The number of phenols is 4. The fraction of sp³-hybridized carbons (Fsp3) is 0.500. The first-order chi connectivity index (χ1) is 24.1. The van der Waals surface area contributed by atoms with Crippen LogP contribution in [0.25, 0.3) is 0 Å². The van der Waals surface area contributed by atoms with Gasteiger partial charge in [0.15, 0.2) is 0 Å². The van der Waals surface area contributed by atoms with Crippen molar-refractivity contribution >= 4 is 0 Å². The van der Waals surface area contributed by atoms with E-state index in [4.69, 9.17) is 0 Å². The molecule has 4 N–H and O–H groups in total. The van der Waals surface area contributed by atoms with E-state index in [1.54, 1.807) is 0 Å². The Labute approximate surface area is 405 Å². The topological polar surface area (TPSA) is 80.9 Å². The Hall–Kier alpha value is -0.946. The average Bonchev–Trinajstić information content (AvgIpc) is 3.05. The van der Waals surface area contributed by atoms with Gasteiger partial charge in [0.2, 0.25) is 0 Å². The Kier molecular flexibility index (Phi) is 27.4. The Morgan fingerprint density at radius 2 is 0.352 bits per heavy atom. The Morgan fingerprint density at radius 3 is 0.426 bits per heavy atom. The van der Waals surface area contributed by atoms with Gasteiger partial charge in [-0.2, -0.15) is 0 Å². The zero-order valence-corrected chi connectivity index (χ0v) is 42.5. The van der Waals surface area contributed by atoms with Crippen LogP contribution in [-0.4, -0.2) is 20.4 Å². The van der Waals surface area contributed by atoms with Gasteiger partial charge >= 0.3 is 51.4 Å². The van der Waals surface area contributed by atoms with Gasteiger partial charge in [0, 0.05) is 40.4 Å². The van der Waals surface area contributed by atoms with Crippen molar-refractivity contribution in [3.05, 3.63) is 117 Å². The summed E-state index contributed by atoms with van der Waals surface area (Å²) in [5.74, 6) is 5.02. The van der Waals surface area contributed by atoms with Gasteiger partial charge in [-0.1, -0.05) is 184 Å². The average molecular weight is 903 g/mol. The zero-order chi connectivity index (χ0) is 40.0. The first-order valence-electron chi connectivity index (χ1n) is 19.4. The van der Waals surface area contributed by atoms with E-state index in [2.05, 4.69) is 111 Å². The number of aromatic hydroxyl groups is 4. The van der Waals surface area contributed by atoms with Crippen LogP contribution in [0.15, 0.2) is 72.8 Å². The fourth-order valence-corrected chi connectivity index (χ4v) is 6.05. The standard InChI is InChI=1S/4C12H18O.K.Sm/c4*1-8(2)10-6-5-7-11(9(3)4)12(10)13;;/h4*5-9,13H,1-4H3;;/q;;;;+1;. The molecular formula is C48H72KO4Sm+. The van der Waals surface area contributed by atoms with Crippen molar-refractivity contribution in [1.29, 1.82) is 0 Å². The van der Waals surface area contributed by atoms with E-state index in [0.717, 1.165) is 44.5 Å². The van der Waals surface area contributed by atoms with Gasteiger partial charge in [0.05, 0.1) is 0 Å². The SMILES string of the molecule is CC(C)c1cccc(C(C)C)c1O.CC(C)c1cccc(C(C)C)c1O.CC(C)c1cccc(C(C)C)c1O.CC(C)c1cccc(C(C)C)c1O.[K+].[Sm]. The van der Waals surface area contributed by atoms with Crippen molar-refractivity contribution < 1.29 is 112 Å². The van der Waals surface area contributed by atoms with Crippen LogP contribution in [0.4, 0.5) is 0 Å². The third kappa shape index (κ3) is 16.9. The van der Waals surface area contributed by atoms with E-state index in [1.165, 1.54) is 0 Å². The summed E-state index contributed by atoms with van der Waals surface area (Å²) in [5.41, 5.74) is 8.38. The molecule has 0 aromatic heterocycles. The molecular weight excluding hydrogens is 830 g/mol. The number of hydrogen-bond acceptors (Lipinski definition) is 4. The number of benzene rings is 4. The summed E-state index contributed by atoms with van der Waals surface area (Å²) in [6.45, 7) is 33.5. The monoisotopic (exact) mass is 903 g/mol. The molecule has 0 bridgehead atoms. The van der Waals surface area contributed by atoms with Crippen molar-refractivity contribution in [2.45, 2.75) is 158 Å². The Morgan fingerprint density at radius 1 is 0.259 bits per heavy atom. The maximum atomic E-state index is 9.93. The van der Waals surface area contributed by atoms with Gasteiger partial charge in [0.25, 0.3) is 0 Å². The van der Waals surface area contributed by atoms with Gasteiger partial charge in [0.1, 0.15) is 23.0 Å². The molecule has 0 radical (unpaired) electrons. The molecule has 294 valence electrons. The van der Waals surface area contributed by atoms with Crippen molar-refractivity contribution in [3.8, 4) is 23.0 Å². The molecule has 0 saturated carbocycles. The molecule has 4 aromatic carbocycles. The molecule has 0 atom stereocenters. The summed E-state index contributed by atoms with van der Waals surface area (Å²) in [5, 5.41) is 39.7. The molecule has 4 nitrogen and oxygen atoms in total. The van der Waals surface area contributed by atoms with E-state index in [0.29, 0.717) is 70.3 Å². The smallest absolute Gasteiger partial charge is 0.507 e. The molecule has 0 heterocycles. The van der Waals surface area contributed by atoms with Crippen molar-refractivity contribution in [1.82, 2.24) is 0 Å². The summed E-state index contributed by atoms with van der Waals surface area (Å²) in [7, 11) is 0. The second kappa shape index (κ2) is 26.9. The van der Waals surface area contributed by atoms with Crippen LogP contribution in [0.3, 0.4) is 0 Å². The van der Waals surface area contributed by atoms with Crippen LogP contribution in [0.1, 0.15) is 203 Å². The molecule has 0 aliphatic rings. The maximum Gasteiger partial charge on any atom is 1.00 e. The minimum atomic E-state index is 0. The van der Waals surface area contributed by atoms with E-state index < -0.39 is 0 Å². The Bertz CT molecular complexity index is 1300. The molecule has 0 unspecified atom stereocenters. The van der Waals surface area contributed by atoms with E-state index in [1.807, 2.05) is 72.8 Å². The summed E-state index contributed by atoms with van der Waals surface area (Å²) < 4.78 is 0. The van der Waals surface area contributed by atoms with Gasteiger partial charge < -0.3 is 20.4 Å². The predicted molar refractivity (Wildman–Crippen MR) is 225 cm³/mol. The van der Waals surface area contributed by atoms with Gasteiger partial charge in [-0.15, -0.1) is 0 Å². The quantitative estimate of drug-likeness (QED) is 0.133. The third-order valence-corrected chi connectivity index (χ3v) is 9.37. The fourth-order valence-electron chi connectivity index (χ4n) is 6.05.